The van der Waals surface area contributed by atoms with Gasteiger partial charge in [-0.1, -0.05) is 31.2 Å². The lowest BCUT2D eigenvalue weighted by atomic mass is 10.0. The Bertz CT molecular complexity index is 368. The molecule has 0 aromatic heterocycles. The number of ether oxygens (including phenoxy) is 2. The summed E-state index contributed by atoms with van der Waals surface area (Å²) in [5.41, 5.74) is 2.21. The molecule has 2 rings (SSSR count). The van der Waals surface area contributed by atoms with Crippen LogP contribution in [0.15, 0.2) is 24.3 Å². The van der Waals surface area contributed by atoms with Crippen molar-refractivity contribution < 1.29 is 14.6 Å². The maximum absolute atomic E-state index is 10.3. The molecular weight excluding hydrogens is 240 g/mol. The van der Waals surface area contributed by atoms with Crippen LogP contribution in [0.25, 0.3) is 0 Å². The molecule has 106 valence electrons. The summed E-state index contributed by atoms with van der Waals surface area (Å²) < 4.78 is 11.1. The average Bonchev–Trinajstić information content (AvgIpc) is 2.97. The van der Waals surface area contributed by atoms with E-state index in [1.807, 2.05) is 19.1 Å². The minimum absolute atomic E-state index is 0.187. The smallest absolute Gasteiger partial charge is 0.105 e. The molecule has 1 aliphatic heterocycles. The first-order chi connectivity index (χ1) is 9.20. The fourth-order valence-electron chi connectivity index (χ4n) is 2.32. The highest BCUT2D eigenvalue weighted by atomic mass is 16.5. The maximum atomic E-state index is 10.3. The Labute approximate surface area is 115 Å². The zero-order valence-corrected chi connectivity index (χ0v) is 11.8. The van der Waals surface area contributed by atoms with Crippen LogP contribution in [0.4, 0.5) is 0 Å². The van der Waals surface area contributed by atoms with Crippen LogP contribution in [-0.2, 0) is 15.9 Å². The molecule has 1 aliphatic rings. The van der Waals surface area contributed by atoms with Gasteiger partial charge in [-0.2, -0.15) is 0 Å². The van der Waals surface area contributed by atoms with Gasteiger partial charge < -0.3 is 14.6 Å². The summed E-state index contributed by atoms with van der Waals surface area (Å²) in [5.74, 6) is 0.483. The summed E-state index contributed by atoms with van der Waals surface area (Å²) in [4.78, 5) is 0. The minimum Gasteiger partial charge on any atom is -0.386 e. The van der Waals surface area contributed by atoms with Crippen LogP contribution in [0.1, 0.15) is 37.5 Å². The van der Waals surface area contributed by atoms with Crippen LogP contribution < -0.4 is 0 Å². The van der Waals surface area contributed by atoms with E-state index >= 15 is 0 Å². The molecule has 1 N–H and O–H groups in total. The monoisotopic (exact) mass is 264 g/mol. The van der Waals surface area contributed by atoms with E-state index in [4.69, 9.17) is 9.47 Å². The molecule has 1 aromatic carbocycles. The van der Waals surface area contributed by atoms with Gasteiger partial charge in [0.1, 0.15) is 6.10 Å². The zero-order chi connectivity index (χ0) is 13.7. The highest BCUT2D eigenvalue weighted by Gasteiger charge is 2.21. The summed E-state index contributed by atoms with van der Waals surface area (Å²) in [6, 6.07) is 8.11. The number of benzene rings is 1. The van der Waals surface area contributed by atoms with Gasteiger partial charge in [0.25, 0.3) is 0 Å². The third-order valence-corrected chi connectivity index (χ3v) is 3.79. The van der Waals surface area contributed by atoms with Gasteiger partial charge in [0, 0.05) is 12.5 Å². The third-order valence-electron chi connectivity index (χ3n) is 3.79. The summed E-state index contributed by atoms with van der Waals surface area (Å²) in [5, 5.41) is 10.3. The normalized spacial score (nSPS) is 22.4. The van der Waals surface area contributed by atoms with Crippen molar-refractivity contribution in [2.24, 2.45) is 5.92 Å². The summed E-state index contributed by atoms with van der Waals surface area (Å²) in [6.45, 7) is 6.35. The van der Waals surface area contributed by atoms with E-state index in [0.717, 1.165) is 31.6 Å². The van der Waals surface area contributed by atoms with E-state index in [-0.39, 0.29) is 6.10 Å². The molecule has 1 fully saturated rings. The van der Waals surface area contributed by atoms with E-state index in [1.165, 1.54) is 5.56 Å². The molecule has 0 bridgehead atoms. The van der Waals surface area contributed by atoms with Crippen LogP contribution >= 0.6 is 0 Å². The molecule has 3 nitrogen and oxygen atoms in total. The molecule has 1 heterocycles. The van der Waals surface area contributed by atoms with E-state index in [1.54, 1.807) is 0 Å². The van der Waals surface area contributed by atoms with Crippen LogP contribution in [0.2, 0.25) is 0 Å². The second kappa shape index (κ2) is 7.04. The molecule has 0 radical (unpaired) electrons. The summed E-state index contributed by atoms with van der Waals surface area (Å²) in [7, 11) is 0. The van der Waals surface area contributed by atoms with Crippen molar-refractivity contribution in [3.05, 3.63) is 35.4 Å². The zero-order valence-electron chi connectivity index (χ0n) is 11.8. The van der Waals surface area contributed by atoms with E-state index in [0.29, 0.717) is 12.5 Å². The van der Waals surface area contributed by atoms with Crippen LogP contribution in [0.3, 0.4) is 0 Å². The summed E-state index contributed by atoms with van der Waals surface area (Å²) in [6.07, 6.45) is 1.33. The molecule has 0 aliphatic carbocycles. The molecule has 1 saturated heterocycles. The van der Waals surface area contributed by atoms with Gasteiger partial charge in [0.2, 0.25) is 0 Å². The third kappa shape index (κ3) is 4.03. The molecule has 3 unspecified atom stereocenters. The van der Waals surface area contributed by atoms with Crippen LogP contribution in [0.5, 0.6) is 0 Å². The average molecular weight is 264 g/mol. The Morgan fingerprint density at radius 3 is 2.68 bits per heavy atom. The standard InChI is InChI=1S/C16H24O3/c1-3-13-4-6-15(7-5-13)16(17)12(2)19-11-14-8-9-18-10-14/h4-7,12,14,16-17H,3,8-11H2,1-2H3. The molecule has 0 amide bonds. The lowest BCUT2D eigenvalue weighted by Crippen LogP contribution is -2.22. The first-order valence-corrected chi connectivity index (χ1v) is 7.17. The SMILES string of the molecule is CCc1ccc(C(O)C(C)OCC2CCOC2)cc1. The topological polar surface area (TPSA) is 38.7 Å². The number of rotatable bonds is 6. The Hall–Kier alpha value is -0.900. The highest BCUT2D eigenvalue weighted by Crippen LogP contribution is 2.21. The predicted octanol–water partition coefficient (Wildman–Crippen LogP) is 2.72. The van der Waals surface area contributed by atoms with Crippen molar-refractivity contribution in [1.29, 1.82) is 0 Å². The van der Waals surface area contributed by atoms with Crippen molar-refractivity contribution in [1.82, 2.24) is 0 Å². The van der Waals surface area contributed by atoms with Gasteiger partial charge in [-0.05, 0) is 30.9 Å². The molecule has 0 saturated carbocycles. The van der Waals surface area contributed by atoms with Gasteiger partial charge in [-0.25, -0.2) is 0 Å². The van der Waals surface area contributed by atoms with Crippen molar-refractivity contribution in [3.63, 3.8) is 0 Å². The lowest BCUT2D eigenvalue weighted by Gasteiger charge is -2.21. The molecule has 19 heavy (non-hydrogen) atoms. The molecule has 0 spiro atoms. The highest BCUT2D eigenvalue weighted by molar-refractivity contribution is 5.24. The van der Waals surface area contributed by atoms with Crippen molar-refractivity contribution in [2.75, 3.05) is 19.8 Å². The number of aliphatic hydroxyl groups excluding tert-OH is 1. The summed E-state index contributed by atoms with van der Waals surface area (Å²) >= 11 is 0. The van der Waals surface area contributed by atoms with Crippen molar-refractivity contribution in [3.8, 4) is 0 Å². The van der Waals surface area contributed by atoms with Gasteiger partial charge >= 0.3 is 0 Å². The maximum Gasteiger partial charge on any atom is 0.105 e. The Morgan fingerprint density at radius 1 is 1.37 bits per heavy atom. The van der Waals surface area contributed by atoms with Crippen LogP contribution in [-0.4, -0.2) is 31.0 Å². The van der Waals surface area contributed by atoms with Gasteiger partial charge in [0.15, 0.2) is 0 Å². The van der Waals surface area contributed by atoms with E-state index in [9.17, 15) is 5.11 Å². The second-order valence-electron chi connectivity index (χ2n) is 5.31. The van der Waals surface area contributed by atoms with Gasteiger partial charge in [-0.15, -0.1) is 0 Å². The number of hydrogen-bond acceptors (Lipinski definition) is 3. The number of hydrogen-bond donors (Lipinski definition) is 1. The van der Waals surface area contributed by atoms with Gasteiger partial charge in [0.05, 0.1) is 19.3 Å². The first-order valence-electron chi connectivity index (χ1n) is 7.17. The van der Waals surface area contributed by atoms with Crippen LogP contribution in [0, 0.1) is 5.92 Å². The number of aliphatic hydroxyl groups is 1. The fourth-order valence-corrected chi connectivity index (χ4v) is 2.32. The molecule has 3 heteroatoms. The van der Waals surface area contributed by atoms with E-state index < -0.39 is 6.10 Å². The van der Waals surface area contributed by atoms with E-state index in [2.05, 4.69) is 19.1 Å². The first kappa shape index (κ1) is 14.5. The van der Waals surface area contributed by atoms with Crippen molar-refractivity contribution >= 4 is 0 Å². The van der Waals surface area contributed by atoms with Gasteiger partial charge in [-0.3, -0.25) is 0 Å². The largest absolute Gasteiger partial charge is 0.386 e. The minimum atomic E-state index is -0.562. The molecular formula is C16H24O3. The lowest BCUT2D eigenvalue weighted by molar-refractivity contribution is -0.0412. The Kier molecular flexibility index (Phi) is 5.37. The molecule has 3 atom stereocenters. The Morgan fingerprint density at radius 2 is 2.11 bits per heavy atom. The Balaban J connectivity index is 1.84. The predicted molar refractivity (Wildman–Crippen MR) is 75.1 cm³/mol. The second-order valence-corrected chi connectivity index (χ2v) is 5.31. The quantitative estimate of drug-likeness (QED) is 0.858. The molecule has 1 aromatic rings. The fraction of sp³-hybridized carbons (Fsp3) is 0.625. The number of aryl methyl sites for hydroxylation is 1. The van der Waals surface area contributed by atoms with Crippen molar-refractivity contribution in [2.45, 2.75) is 38.9 Å².